The van der Waals surface area contributed by atoms with Crippen molar-refractivity contribution < 1.29 is 14.6 Å². The summed E-state index contributed by atoms with van der Waals surface area (Å²) in [7, 11) is 0. The Morgan fingerprint density at radius 3 is 2.87 bits per heavy atom. The number of ether oxygens (including phenoxy) is 1. The van der Waals surface area contributed by atoms with Crippen LogP contribution in [0.15, 0.2) is 54.7 Å². The maximum atomic E-state index is 12.4. The van der Waals surface area contributed by atoms with Crippen molar-refractivity contribution in [1.82, 2.24) is 10.3 Å². The van der Waals surface area contributed by atoms with Gasteiger partial charge in [0.25, 0.3) is 5.91 Å². The van der Waals surface area contributed by atoms with Gasteiger partial charge in [-0.2, -0.15) is 0 Å². The Labute approximate surface area is 133 Å². The maximum absolute atomic E-state index is 12.4. The zero-order valence-electron chi connectivity index (χ0n) is 12.6. The lowest BCUT2D eigenvalue weighted by atomic mass is 10.1. The minimum absolute atomic E-state index is 0.0455. The van der Waals surface area contributed by atoms with Gasteiger partial charge >= 0.3 is 0 Å². The number of H-pyrrole nitrogens is 1. The molecule has 3 aromatic rings. The lowest BCUT2D eigenvalue weighted by Gasteiger charge is -2.11. The monoisotopic (exact) mass is 310 g/mol. The first kappa shape index (κ1) is 15.1. The number of amides is 1. The number of carbonyl (C=O) groups excluding carboxylic acids is 1. The summed E-state index contributed by atoms with van der Waals surface area (Å²) in [5.41, 5.74) is 2.44. The molecule has 5 nitrogen and oxygen atoms in total. The standard InChI is InChI=1S/C18H18N2O3/c21-10-11-23-17-7-2-1-4-13(17)12-20-18(22)15-5-3-6-16-14(15)8-9-19-16/h1-9,19,21H,10-12H2,(H,20,22). The van der Waals surface area contributed by atoms with Crippen LogP contribution in [0.25, 0.3) is 10.9 Å². The summed E-state index contributed by atoms with van der Waals surface area (Å²) < 4.78 is 5.48. The molecule has 0 atom stereocenters. The second-order valence-electron chi connectivity index (χ2n) is 5.11. The quantitative estimate of drug-likeness (QED) is 0.655. The van der Waals surface area contributed by atoms with Crippen LogP contribution >= 0.6 is 0 Å². The molecule has 0 bridgehead atoms. The molecule has 0 aliphatic carbocycles. The highest BCUT2D eigenvalue weighted by molar-refractivity contribution is 6.06. The third-order valence-corrected chi connectivity index (χ3v) is 3.60. The largest absolute Gasteiger partial charge is 0.491 e. The number of hydrogen-bond acceptors (Lipinski definition) is 3. The molecule has 3 rings (SSSR count). The van der Waals surface area contributed by atoms with Gasteiger partial charge in [0.15, 0.2) is 0 Å². The van der Waals surface area contributed by atoms with E-state index in [9.17, 15) is 4.79 Å². The molecule has 0 unspecified atom stereocenters. The van der Waals surface area contributed by atoms with Crippen LogP contribution in [-0.4, -0.2) is 29.2 Å². The van der Waals surface area contributed by atoms with Gasteiger partial charge in [0.2, 0.25) is 0 Å². The number of rotatable bonds is 6. The molecule has 1 amide bonds. The fourth-order valence-corrected chi connectivity index (χ4v) is 2.50. The van der Waals surface area contributed by atoms with Crippen molar-refractivity contribution in [2.45, 2.75) is 6.54 Å². The molecule has 5 heteroatoms. The summed E-state index contributed by atoms with van der Waals surface area (Å²) in [6.45, 7) is 0.547. The second kappa shape index (κ2) is 6.98. The van der Waals surface area contributed by atoms with Gasteiger partial charge in [-0.25, -0.2) is 0 Å². The van der Waals surface area contributed by atoms with Crippen molar-refractivity contribution in [2.24, 2.45) is 0 Å². The van der Waals surface area contributed by atoms with Crippen molar-refractivity contribution in [3.05, 3.63) is 65.9 Å². The molecule has 0 spiro atoms. The van der Waals surface area contributed by atoms with E-state index in [2.05, 4.69) is 10.3 Å². The van der Waals surface area contributed by atoms with Crippen LogP contribution in [0, 0.1) is 0 Å². The fraction of sp³-hybridized carbons (Fsp3) is 0.167. The Morgan fingerprint density at radius 1 is 1.13 bits per heavy atom. The van der Waals surface area contributed by atoms with E-state index < -0.39 is 0 Å². The van der Waals surface area contributed by atoms with Crippen LogP contribution in [0.3, 0.4) is 0 Å². The highest BCUT2D eigenvalue weighted by atomic mass is 16.5. The van der Waals surface area contributed by atoms with Crippen LogP contribution in [0.5, 0.6) is 5.75 Å². The first-order chi connectivity index (χ1) is 11.3. The first-order valence-corrected chi connectivity index (χ1v) is 7.45. The Morgan fingerprint density at radius 2 is 2.00 bits per heavy atom. The summed E-state index contributed by atoms with van der Waals surface area (Å²) in [6, 6.07) is 14.9. The van der Waals surface area contributed by atoms with E-state index in [4.69, 9.17) is 9.84 Å². The molecule has 3 N–H and O–H groups in total. The minimum Gasteiger partial charge on any atom is -0.491 e. The smallest absolute Gasteiger partial charge is 0.252 e. The lowest BCUT2D eigenvalue weighted by Crippen LogP contribution is -2.23. The highest BCUT2D eigenvalue weighted by Crippen LogP contribution is 2.19. The summed E-state index contributed by atoms with van der Waals surface area (Å²) in [5, 5.41) is 12.7. The molecule has 118 valence electrons. The molecule has 23 heavy (non-hydrogen) atoms. The first-order valence-electron chi connectivity index (χ1n) is 7.45. The number of carbonyl (C=O) groups is 1. The number of hydrogen-bond donors (Lipinski definition) is 3. The summed E-state index contributed by atoms with van der Waals surface area (Å²) in [4.78, 5) is 15.5. The zero-order valence-corrected chi connectivity index (χ0v) is 12.6. The Bertz CT molecular complexity index is 811. The third kappa shape index (κ3) is 3.35. The van der Waals surface area contributed by atoms with Gasteiger partial charge in [-0.1, -0.05) is 24.3 Å². The second-order valence-corrected chi connectivity index (χ2v) is 5.11. The number of aliphatic hydroxyl groups is 1. The van der Waals surface area contributed by atoms with Crippen LogP contribution in [-0.2, 0) is 6.54 Å². The predicted molar refractivity (Wildman–Crippen MR) is 88.5 cm³/mol. The van der Waals surface area contributed by atoms with Gasteiger partial charge in [0.05, 0.1) is 6.61 Å². The molecule has 0 fully saturated rings. The number of aromatic amines is 1. The molecule has 0 saturated heterocycles. The summed E-state index contributed by atoms with van der Waals surface area (Å²) in [6.07, 6.45) is 1.82. The van der Waals surface area contributed by atoms with Crippen LogP contribution in [0.2, 0.25) is 0 Å². The van der Waals surface area contributed by atoms with Crippen molar-refractivity contribution in [3.63, 3.8) is 0 Å². The Hall–Kier alpha value is -2.79. The lowest BCUT2D eigenvalue weighted by molar-refractivity contribution is 0.0952. The summed E-state index contributed by atoms with van der Waals surface area (Å²) in [5.74, 6) is 0.536. The number of aromatic nitrogens is 1. The van der Waals surface area contributed by atoms with E-state index >= 15 is 0 Å². The van der Waals surface area contributed by atoms with E-state index in [0.29, 0.717) is 17.9 Å². The average Bonchev–Trinajstić information content (AvgIpc) is 3.07. The third-order valence-electron chi connectivity index (χ3n) is 3.60. The van der Waals surface area contributed by atoms with Crippen molar-refractivity contribution in [3.8, 4) is 5.75 Å². The van der Waals surface area contributed by atoms with Gasteiger partial charge < -0.3 is 20.1 Å². The fourth-order valence-electron chi connectivity index (χ4n) is 2.50. The number of nitrogens with one attached hydrogen (secondary N) is 2. The van der Waals surface area contributed by atoms with E-state index in [1.165, 1.54) is 0 Å². The Balaban J connectivity index is 1.73. The number of benzene rings is 2. The molecule has 0 saturated carbocycles. The number of aliphatic hydroxyl groups excluding tert-OH is 1. The van der Waals surface area contributed by atoms with E-state index in [-0.39, 0.29) is 19.1 Å². The highest BCUT2D eigenvalue weighted by Gasteiger charge is 2.11. The molecule has 1 aromatic heterocycles. The van der Waals surface area contributed by atoms with Crippen LogP contribution in [0.4, 0.5) is 0 Å². The van der Waals surface area contributed by atoms with Gasteiger partial charge in [-0.05, 0) is 24.3 Å². The van der Waals surface area contributed by atoms with E-state index in [1.807, 2.05) is 48.7 Å². The molecule has 0 aliphatic heterocycles. The molecule has 1 heterocycles. The van der Waals surface area contributed by atoms with Crippen molar-refractivity contribution >= 4 is 16.8 Å². The topological polar surface area (TPSA) is 74.3 Å². The normalized spacial score (nSPS) is 10.7. The van der Waals surface area contributed by atoms with Crippen LogP contribution < -0.4 is 10.1 Å². The number of fused-ring (bicyclic) bond motifs is 1. The van der Waals surface area contributed by atoms with E-state index in [1.54, 1.807) is 6.07 Å². The molecule has 0 radical (unpaired) electrons. The van der Waals surface area contributed by atoms with Gasteiger partial charge in [-0.15, -0.1) is 0 Å². The molecule has 0 aliphatic rings. The van der Waals surface area contributed by atoms with Gasteiger partial charge in [0.1, 0.15) is 12.4 Å². The SMILES string of the molecule is O=C(NCc1ccccc1OCCO)c1cccc2[nH]ccc12. The zero-order chi connectivity index (χ0) is 16.1. The number of para-hydroxylation sites is 1. The molecule has 2 aromatic carbocycles. The average molecular weight is 310 g/mol. The minimum atomic E-state index is -0.132. The van der Waals surface area contributed by atoms with Crippen LogP contribution in [0.1, 0.15) is 15.9 Å². The predicted octanol–water partition coefficient (Wildman–Crippen LogP) is 2.47. The Kier molecular flexibility index (Phi) is 4.59. The van der Waals surface area contributed by atoms with Crippen molar-refractivity contribution in [2.75, 3.05) is 13.2 Å². The summed E-state index contributed by atoms with van der Waals surface area (Å²) >= 11 is 0. The molecular formula is C18H18N2O3. The van der Waals surface area contributed by atoms with Gasteiger partial charge in [-0.3, -0.25) is 4.79 Å². The maximum Gasteiger partial charge on any atom is 0.252 e. The van der Waals surface area contributed by atoms with Gasteiger partial charge in [0, 0.05) is 34.8 Å². The van der Waals surface area contributed by atoms with E-state index in [0.717, 1.165) is 16.5 Å². The molecular weight excluding hydrogens is 292 g/mol. The van der Waals surface area contributed by atoms with Crippen molar-refractivity contribution in [1.29, 1.82) is 0 Å².